The Morgan fingerprint density at radius 1 is 1.25 bits per heavy atom. The Kier molecular flexibility index (Phi) is 3.59. The molecule has 0 atom stereocenters. The van der Waals surface area contributed by atoms with Gasteiger partial charge in [-0.3, -0.25) is 0 Å². The van der Waals surface area contributed by atoms with Crippen molar-refractivity contribution in [3.05, 3.63) is 18.2 Å². The minimum Gasteiger partial charge on any atom is -0.230 e. The molecule has 0 unspecified atom stereocenters. The van der Waals surface area contributed by atoms with E-state index in [9.17, 15) is 0 Å². The number of benzene rings is 1. The minimum atomic E-state index is 0. The molecule has 0 fully saturated rings. The molecule has 2 rings (SSSR count). The van der Waals surface area contributed by atoms with Crippen LogP contribution < -0.4 is 0 Å². The van der Waals surface area contributed by atoms with E-state index in [0.717, 1.165) is 19.5 Å². The summed E-state index contributed by atoms with van der Waals surface area (Å²) < 4.78 is 1.90. The van der Waals surface area contributed by atoms with Crippen LogP contribution in [0.2, 0.25) is 0 Å². The predicted molar refractivity (Wildman–Crippen MR) is 54.1 cm³/mol. The second-order valence-corrected chi connectivity index (χ2v) is 4.33. The number of hydrogen-bond donors (Lipinski definition) is 2. The average molecular weight is 265 g/mol. The van der Waals surface area contributed by atoms with Crippen molar-refractivity contribution in [1.82, 2.24) is 4.98 Å². The van der Waals surface area contributed by atoms with E-state index in [1.807, 2.05) is 18.2 Å². The van der Waals surface area contributed by atoms with Gasteiger partial charge in [0.2, 0.25) is 0 Å². The maximum absolute atomic E-state index is 4.30. The fourth-order valence-corrected chi connectivity index (χ4v) is 2.36. The summed E-state index contributed by atoms with van der Waals surface area (Å²) in [5.41, 5.74) is 0.979. The molecule has 1 nitrogen and oxygen atoms in total. The van der Waals surface area contributed by atoms with Crippen LogP contribution in [-0.2, 0) is 19.5 Å². The van der Waals surface area contributed by atoms with Crippen molar-refractivity contribution in [3.8, 4) is 0 Å². The van der Waals surface area contributed by atoms with E-state index in [0.29, 0.717) is 0 Å². The SMILES string of the molecule is Sc1nc2cccc(S)c2s1.[Zn]. The van der Waals surface area contributed by atoms with E-state index >= 15 is 0 Å². The molecule has 1 aromatic heterocycles. The van der Waals surface area contributed by atoms with Gasteiger partial charge in [0.25, 0.3) is 0 Å². The normalized spacial score (nSPS) is 9.83. The van der Waals surface area contributed by atoms with E-state index in [1.54, 1.807) is 11.3 Å². The summed E-state index contributed by atoms with van der Waals surface area (Å²) in [4.78, 5) is 5.18. The van der Waals surface area contributed by atoms with Crippen LogP contribution in [-0.4, -0.2) is 4.98 Å². The minimum absolute atomic E-state index is 0. The van der Waals surface area contributed by atoms with E-state index < -0.39 is 0 Å². The molecule has 0 spiro atoms. The van der Waals surface area contributed by atoms with Gasteiger partial charge in [-0.05, 0) is 12.1 Å². The molecule has 1 aromatic carbocycles. The Bertz CT molecular complexity index is 398. The maximum Gasteiger partial charge on any atom is 0.148 e. The molecular formula is C7H5NS3Zn. The molecule has 0 aliphatic heterocycles. The molecular weight excluding hydrogens is 260 g/mol. The van der Waals surface area contributed by atoms with Crippen LogP contribution >= 0.6 is 36.6 Å². The second kappa shape index (κ2) is 4.10. The molecule has 0 saturated carbocycles. The third-order valence-electron chi connectivity index (χ3n) is 1.38. The van der Waals surface area contributed by atoms with Crippen molar-refractivity contribution >= 4 is 46.8 Å². The molecule has 5 heteroatoms. The summed E-state index contributed by atoms with van der Waals surface area (Å²) >= 11 is 10.0. The van der Waals surface area contributed by atoms with E-state index in [1.165, 1.54) is 0 Å². The molecule has 0 aliphatic carbocycles. The molecule has 0 radical (unpaired) electrons. The van der Waals surface area contributed by atoms with Gasteiger partial charge in [-0.15, -0.1) is 36.6 Å². The molecule has 0 N–H and O–H groups in total. The van der Waals surface area contributed by atoms with Gasteiger partial charge >= 0.3 is 0 Å². The summed E-state index contributed by atoms with van der Waals surface area (Å²) in [7, 11) is 0. The van der Waals surface area contributed by atoms with Crippen LogP contribution in [0.4, 0.5) is 0 Å². The van der Waals surface area contributed by atoms with E-state index in [4.69, 9.17) is 0 Å². The van der Waals surface area contributed by atoms with Gasteiger partial charge in [0.1, 0.15) is 4.34 Å². The third kappa shape index (κ3) is 1.84. The van der Waals surface area contributed by atoms with Crippen molar-refractivity contribution in [1.29, 1.82) is 0 Å². The predicted octanol–water partition coefficient (Wildman–Crippen LogP) is 2.87. The first-order valence-corrected chi connectivity index (χ1v) is 4.76. The zero-order valence-electron chi connectivity index (χ0n) is 6.19. The van der Waals surface area contributed by atoms with Crippen molar-refractivity contribution < 1.29 is 19.5 Å². The van der Waals surface area contributed by atoms with E-state index in [-0.39, 0.29) is 19.5 Å². The number of fused-ring (bicyclic) bond motifs is 1. The fourth-order valence-electron chi connectivity index (χ4n) is 0.923. The summed E-state index contributed by atoms with van der Waals surface area (Å²) in [6, 6.07) is 5.86. The zero-order valence-corrected chi connectivity index (χ0v) is 11.8. The Morgan fingerprint density at radius 2 is 2.00 bits per heavy atom. The standard InChI is InChI=1S/C7H5NS3.Zn/c9-5-3-1-2-4-6(5)11-7(10)8-4;/h1-3,9H,(H,8,10);. The summed E-state index contributed by atoms with van der Waals surface area (Å²) in [6.07, 6.45) is 0. The van der Waals surface area contributed by atoms with Crippen LogP contribution in [0.15, 0.2) is 27.4 Å². The third-order valence-corrected chi connectivity index (χ3v) is 3.19. The molecule has 0 aliphatic rings. The Labute approximate surface area is 98.2 Å². The van der Waals surface area contributed by atoms with Gasteiger partial charge in [0.15, 0.2) is 0 Å². The van der Waals surface area contributed by atoms with Gasteiger partial charge in [-0.1, -0.05) is 6.07 Å². The first-order valence-electron chi connectivity index (χ1n) is 3.05. The van der Waals surface area contributed by atoms with Crippen LogP contribution in [0.3, 0.4) is 0 Å². The zero-order chi connectivity index (χ0) is 7.84. The fraction of sp³-hybridized carbons (Fsp3) is 0. The molecule has 0 bridgehead atoms. The van der Waals surface area contributed by atoms with Gasteiger partial charge in [0, 0.05) is 24.4 Å². The van der Waals surface area contributed by atoms with Crippen molar-refractivity contribution in [2.75, 3.05) is 0 Å². The molecule has 12 heavy (non-hydrogen) atoms. The summed E-state index contributed by atoms with van der Waals surface area (Å²) in [6.45, 7) is 0. The molecule has 1 heterocycles. The number of rotatable bonds is 0. The summed E-state index contributed by atoms with van der Waals surface area (Å²) in [5.74, 6) is 0. The first kappa shape index (κ1) is 10.5. The van der Waals surface area contributed by atoms with E-state index in [2.05, 4.69) is 30.2 Å². The van der Waals surface area contributed by atoms with Crippen molar-refractivity contribution in [2.45, 2.75) is 9.24 Å². The first-order chi connectivity index (χ1) is 5.27. The average Bonchev–Trinajstić information content (AvgIpc) is 2.31. The van der Waals surface area contributed by atoms with Crippen molar-refractivity contribution in [2.24, 2.45) is 0 Å². The monoisotopic (exact) mass is 263 g/mol. The number of thiazole rings is 1. The largest absolute Gasteiger partial charge is 0.230 e. The van der Waals surface area contributed by atoms with Crippen LogP contribution in [0.1, 0.15) is 0 Å². The number of thiol groups is 2. The molecule has 2 aromatic rings. The number of aromatic nitrogens is 1. The number of hydrogen-bond acceptors (Lipinski definition) is 4. The Hall–Kier alpha value is 0.433. The summed E-state index contributed by atoms with van der Waals surface area (Å²) in [5, 5.41) is 0. The smallest absolute Gasteiger partial charge is 0.148 e. The van der Waals surface area contributed by atoms with Gasteiger partial charge in [-0.2, -0.15) is 0 Å². The quantitative estimate of drug-likeness (QED) is 0.551. The number of nitrogens with zero attached hydrogens (tertiary/aromatic N) is 1. The maximum atomic E-state index is 4.30. The van der Waals surface area contributed by atoms with Gasteiger partial charge in [-0.25, -0.2) is 4.98 Å². The molecule has 0 saturated heterocycles. The molecule has 58 valence electrons. The Morgan fingerprint density at radius 3 is 2.67 bits per heavy atom. The van der Waals surface area contributed by atoms with Gasteiger partial charge < -0.3 is 0 Å². The van der Waals surface area contributed by atoms with Crippen LogP contribution in [0.25, 0.3) is 10.2 Å². The Balaban J connectivity index is 0.000000720. The van der Waals surface area contributed by atoms with Gasteiger partial charge in [0.05, 0.1) is 10.2 Å². The molecule has 0 amide bonds. The van der Waals surface area contributed by atoms with Crippen molar-refractivity contribution in [3.63, 3.8) is 0 Å². The van der Waals surface area contributed by atoms with Crippen LogP contribution in [0, 0.1) is 0 Å². The van der Waals surface area contributed by atoms with Crippen LogP contribution in [0.5, 0.6) is 0 Å². The topological polar surface area (TPSA) is 12.9 Å². The second-order valence-electron chi connectivity index (χ2n) is 2.12.